The van der Waals surface area contributed by atoms with Gasteiger partial charge in [-0.15, -0.1) is 0 Å². The van der Waals surface area contributed by atoms with Crippen LogP contribution in [0.3, 0.4) is 0 Å². The molecule has 0 aliphatic heterocycles. The van der Waals surface area contributed by atoms with E-state index in [1.165, 1.54) is 0 Å². The zero-order valence-electron chi connectivity index (χ0n) is 11.1. The summed E-state index contributed by atoms with van der Waals surface area (Å²) in [6.07, 6.45) is 1.82. The molecule has 3 rings (SSSR count). The molecule has 1 aromatic heterocycles. The first-order chi connectivity index (χ1) is 10.1. The number of nitrogens with two attached hydrogens (primary N) is 1. The van der Waals surface area contributed by atoms with Crippen LogP contribution in [0.25, 0.3) is 10.9 Å². The first-order valence-corrected chi connectivity index (χ1v) is 6.42. The predicted octanol–water partition coefficient (Wildman–Crippen LogP) is 2.52. The number of carbonyl (C=O) groups excluding carboxylic acids is 2. The number of hydrogen-bond acceptors (Lipinski definition) is 2. The third-order valence-electron chi connectivity index (χ3n) is 3.22. The van der Waals surface area contributed by atoms with Crippen molar-refractivity contribution in [2.45, 2.75) is 0 Å². The largest absolute Gasteiger partial charge is 0.366 e. The van der Waals surface area contributed by atoms with Crippen molar-refractivity contribution in [3.63, 3.8) is 0 Å². The van der Waals surface area contributed by atoms with Gasteiger partial charge in [0.05, 0.1) is 0 Å². The third kappa shape index (κ3) is 2.62. The Bertz CT molecular complexity index is 836. The number of H-pyrrole nitrogens is 1. The standard InChI is InChI=1S/C16H13N3O2/c17-15(20)11-2-1-3-13(9-11)19-16(21)12-4-5-14-10(8-12)6-7-18-14/h1-9,18H,(H2,17,20)(H,19,21). The monoisotopic (exact) mass is 279 g/mol. The average Bonchev–Trinajstić information content (AvgIpc) is 2.94. The van der Waals surface area contributed by atoms with E-state index in [4.69, 9.17) is 5.73 Å². The number of nitrogens with one attached hydrogen (secondary N) is 2. The molecular formula is C16H13N3O2. The number of anilines is 1. The summed E-state index contributed by atoms with van der Waals surface area (Å²) < 4.78 is 0. The van der Waals surface area contributed by atoms with E-state index in [1.807, 2.05) is 18.3 Å². The molecule has 5 heteroatoms. The number of benzene rings is 2. The van der Waals surface area contributed by atoms with Crippen molar-refractivity contribution in [3.05, 3.63) is 65.9 Å². The molecule has 0 saturated carbocycles. The van der Waals surface area contributed by atoms with Gasteiger partial charge in [-0.1, -0.05) is 6.07 Å². The third-order valence-corrected chi connectivity index (χ3v) is 3.22. The molecule has 21 heavy (non-hydrogen) atoms. The molecule has 0 saturated heterocycles. The number of rotatable bonds is 3. The number of carbonyl (C=O) groups is 2. The minimum atomic E-state index is -0.528. The molecule has 0 bridgehead atoms. The Labute approximate surface area is 120 Å². The maximum absolute atomic E-state index is 12.2. The van der Waals surface area contributed by atoms with Crippen LogP contribution in [0, 0.1) is 0 Å². The summed E-state index contributed by atoms with van der Waals surface area (Å²) in [5.41, 5.74) is 7.63. The van der Waals surface area contributed by atoms with Crippen LogP contribution in [0.5, 0.6) is 0 Å². The van der Waals surface area contributed by atoms with Crippen molar-refractivity contribution in [3.8, 4) is 0 Å². The van der Waals surface area contributed by atoms with Crippen LogP contribution < -0.4 is 11.1 Å². The van der Waals surface area contributed by atoms with Crippen LogP contribution in [-0.2, 0) is 0 Å². The Morgan fingerprint density at radius 1 is 1.00 bits per heavy atom. The van der Waals surface area contributed by atoms with E-state index in [2.05, 4.69) is 10.3 Å². The SMILES string of the molecule is NC(=O)c1cccc(NC(=O)c2ccc3[nH]ccc3c2)c1. The minimum Gasteiger partial charge on any atom is -0.366 e. The van der Waals surface area contributed by atoms with Gasteiger partial charge in [0.1, 0.15) is 0 Å². The number of aromatic amines is 1. The van der Waals surface area contributed by atoms with Gasteiger partial charge in [0.25, 0.3) is 5.91 Å². The Balaban J connectivity index is 1.85. The lowest BCUT2D eigenvalue weighted by Gasteiger charge is -2.06. The van der Waals surface area contributed by atoms with Crippen LogP contribution >= 0.6 is 0 Å². The molecule has 4 N–H and O–H groups in total. The molecule has 2 amide bonds. The summed E-state index contributed by atoms with van der Waals surface area (Å²) in [6, 6.07) is 13.8. The van der Waals surface area contributed by atoms with Gasteiger partial charge in [-0.05, 0) is 42.5 Å². The molecule has 0 unspecified atom stereocenters. The zero-order chi connectivity index (χ0) is 14.8. The first kappa shape index (κ1) is 12.9. The topological polar surface area (TPSA) is 88.0 Å². The first-order valence-electron chi connectivity index (χ1n) is 6.42. The van der Waals surface area contributed by atoms with Crippen molar-refractivity contribution >= 4 is 28.4 Å². The summed E-state index contributed by atoms with van der Waals surface area (Å²) in [6.45, 7) is 0. The van der Waals surface area contributed by atoms with Gasteiger partial charge >= 0.3 is 0 Å². The van der Waals surface area contributed by atoms with Crippen molar-refractivity contribution in [2.75, 3.05) is 5.32 Å². The van der Waals surface area contributed by atoms with E-state index in [1.54, 1.807) is 36.4 Å². The summed E-state index contributed by atoms with van der Waals surface area (Å²) in [5.74, 6) is -0.764. The molecule has 0 radical (unpaired) electrons. The van der Waals surface area contributed by atoms with E-state index < -0.39 is 5.91 Å². The fourth-order valence-electron chi connectivity index (χ4n) is 2.15. The van der Waals surface area contributed by atoms with Crippen molar-refractivity contribution in [1.82, 2.24) is 4.98 Å². The zero-order valence-corrected chi connectivity index (χ0v) is 11.1. The molecule has 0 atom stereocenters. The lowest BCUT2D eigenvalue weighted by molar-refractivity contribution is 0.0996. The van der Waals surface area contributed by atoms with Crippen LogP contribution in [-0.4, -0.2) is 16.8 Å². The van der Waals surface area contributed by atoms with Crippen LogP contribution in [0.1, 0.15) is 20.7 Å². The second kappa shape index (κ2) is 5.13. The molecule has 2 aromatic carbocycles. The van der Waals surface area contributed by atoms with Gasteiger partial charge in [-0.25, -0.2) is 0 Å². The lowest BCUT2D eigenvalue weighted by Crippen LogP contribution is -2.14. The summed E-state index contributed by atoms with van der Waals surface area (Å²) in [5, 5.41) is 3.72. The van der Waals surface area contributed by atoms with Gasteiger partial charge in [0, 0.05) is 33.9 Å². The highest BCUT2D eigenvalue weighted by molar-refractivity contribution is 6.06. The smallest absolute Gasteiger partial charge is 0.255 e. The number of primary amides is 1. The maximum Gasteiger partial charge on any atom is 0.255 e. The molecular weight excluding hydrogens is 266 g/mol. The van der Waals surface area contributed by atoms with Crippen LogP contribution in [0.4, 0.5) is 5.69 Å². The van der Waals surface area contributed by atoms with Crippen molar-refractivity contribution in [1.29, 1.82) is 0 Å². The van der Waals surface area contributed by atoms with Crippen molar-refractivity contribution < 1.29 is 9.59 Å². The molecule has 5 nitrogen and oxygen atoms in total. The van der Waals surface area contributed by atoms with Gasteiger partial charge in [-0.2, -0.15) is 0 Å². The normalized spacial score (nSPS) is 10.5. The fraction of sp³-hybridized carbons (Fsp3) is 0. The number of amides is 2. The molecule has 0 aliphatic carbocycles. The van der Waals surface area contributed by atoms with E-state index in [0.29, 0.717) is 16.8 Å². The van der Waals surface area contributed by atoms with Gasteiger partial charge in [0.15, 0.2) is 0 Å². The molecule has 0 spiro atoms. The summed E-state index contributed by atoms with van der Waals surface area (Å²) >= 11 is 0. The van der Waals surface area contributed by atoms with Gasteiger partial charge in [-0.3, -0.25) is 9.59 Å². The Kier molecular flexibility index (Phi) is 3.16. The highest BCUT2D eigenvalue weighted by Gasteiger charge is 2.08. The highest BCUT2D eigenvalue weighted by Crippen LogP contribution is 2.16. The second-order valence-corrected chi connectivity index (χ2v) is 4.68. The van der Waals surface area contributed by atoms with E-state index >= 15 is 0 Å². The Morgan fingerprint density at radius 3 is 2.67 bits per heavy atom. The minimum absolute atomic E-state index is 0.236. The van der Waals surface area contributed by atoms with Crippen LogP contribution in [0.15, 0.2) is 54.7 Å². The fourth-order valence-corrected chi connectivity index (χ4v) is 2.15. The quantitative estimate of drug-likeness (QED) is 0.687. The summed E-state index contributed by atoms with van der Waals surface area (Å²) in [7, 11) is 0. The Morgan fingerprint density at radius 2 is 1.86 bits per heavy atom. The predicted molar refractivity (Wildman–Crippen MR) is 81.2 cm³/mol. The number of hydrogen-bond donors (Lipinski definition) is 3. The highest BCUT2D eigenvalue weighted by atomic mass is 16.2. The van der Waals surface area contributed by atoms with E-state index in [-0.39, 0.29) is 5.91 Å². The lowest BCUT2D eigenvalue weighted by atomic mass is 10.1. The second-order valence-electron chi connectivity index (χ2n) is 4.68. The van der Waals surface area contributed by atoms with E-state index in [0.717, 1.165) is 10.9 Å². The average molecular weight is 279 g/mol. The number of aromatic nitrogens is 1. The molecule has 0 fully saturated rings. The molecule has 1 heterocycles. The molecule has 3 aromatic rings. The Hall–Kier alpha value is -3.08. The molecule has 104 valence electrons. The van der Waals surface area contributed by atoms with E-state index in [9.17, 15) is 9.59 Å². The van der Waals surface area contributed by atoms with Crippen molar-refractivity contribution in [2.24, 2.45) is 5.73 Å². The van der Waals surface area contributed by atoms with Gasteiger partial charge < -0.3 is 16.0 Å². The summed E-state index contributed by atoms with van der Waals surface area (Å²) in [4.78, 5) is 26.4. The maximum atomic E-state index is 12.2. The van der Waals surface area contributed by atoms with Gasteiger partial charge in [0.2, 0.25) is 5.91 Å². The van der Waals surface area contributed by atoms with Crippen LogP contribution in [0.2, 0.25) is 0 Å². The number of fused-ring (bicyclic) bond motifs is 1. The molecule has 0 aliphatic rings.